The first-order chi connectivity index (χ1) is 10.0. The molecule has 1 aliphatic heterocycles. The second-order valence-electron chi connectivity index (χ2n) is 6.23. The third kappa shape index (κ3) is 3.99. The van der Waals surface area contributed by atoms with Gasteiger partial charge in [0.15, 0.2) is 0 Å². The van der Waals surface area contributed by atoms with Crippen LogP contribution in [0, 0.1) is 0 Å². The minimum absolute atomic E-state index is 0.232. The van der Waals surface area contributed by atoms with Crippen LogP contribution in [0.3, 0.4) is 0 Å². The zero-order chi connectivity index (χ0) is 15.5. The summed E-state index contributed by atoms with van der Waals surface area (Å²) in [5, 5.41) is 3.72. The summed E-state index contributed by atoms with van der Waals surface area (Å²) < 4.78 is 6.34. The Labute approximate surface area is 137 Å². The molecule has 0 saturated carbocycles. The second kappa shape index (κ2) is 7.12. The fourth-order valence-corrected chi connectivity index (χ4v) is 3.58. The number of nitrogens with zero attached hydrogens (tertiary/aromatic N) is 1. The van der Waals surface area contributed by atoms with Crippen LogP contribution in [0.4, 0.5) is 0 Å². The summed E-state index contributed by atoms with van der Waals surface area (Å²) >= 11 is 3.58. The second-order valence-corrected chi connectivity index (χ2v) is 7.09. The number of hydrogen-bond acceptors (Lipinski definition) is 3. The van der Waals surface area contributed by atoms with Crippen LogP contribution in [0.5, 0.6) is 5.75 Å². The number of ether oxygens (including phenoxy) is 1. The summed E-state index contributed by atoms with van der Waals surface area (Å²) in [6, 6.07) is 7.01. The Balaban J connectivity index is 2.13. The fraction of sp³-hybridized carbons (Fsp3) is 0.647. The van der Waals surface area contributed by atoms with Crippen molar-refractivity contribution in [3.05, 3.63) is 28.2 Å². The Morgan fingerprint density at radius 1 is 1.43 bits per heavy atom. The standard InChI is InChI=1S/C17H27BrN2O/c1-5-14-10-19-17(3,6-2)12-20(14)11-13-7-8-16(21-4)15(18)9-13/h7-9,14,19H,5-6,10-12H2,1-4H3. The van der Waals surface area contributed by atoms with Crippen LogP contribution in [0.25, 0.3) is 0 Å². The van der Waals surface area contributed by atoms with Gasteiger partial charge in [0.25, 0.3) is 0 Å². The number of piperazine rings is 1. The van der Waals surface area contributed by atoms with Crippen molar-refractivity contribution in [2.24, 2.45) is 0 Å². The van der Waals surface area contributed by atoms with Crippen molar-refractivity contribution in [1.29, 1.82) is 0 Å². The van der Waals surface area contributed by atoms with E-state index in [2.05, 4.69) is 59.1 Å². The zero-order valence-corrected chi connectivity index (χ0v) is 15.2. The lowest BCUT2D eigenvalue weighted by Crippen LogP contribution is -2.62. The lowest BCUT2D eigenvalue weighted by molar-refractivity contribution is 0.0755. The third-order valence-corrected chi connectivity index (χ3v) is 5.31. The van der Waals surface area contributed by atoms with Gasteiger partial charge in [0, 0.05) is 31.2 Å². The molecule has 1 aromatic carbocycles. The monoisotopic (exact) mass is 354 g/mol. The molecule has 2 atom stereocenters. The number of halogens is 1. The van der Waals surface area contributed by atoms with E-state index in [4.69, 9.17) is 4.74 Å². The van der Waals surface area contributed by atoms with Crippen molar-refractivity contribution >= 4 is 15.9 Å². The van der Waals surface area contributed by atoms with Crippen molar-refractivity contribution in [3.63, 3.8) is 0 Å². The molecule has 1 heterocycles. The maximum absolute atomic E-state index is 5.31. The minimum Gasteiger partial charge on any atom is -0.496 e. The molecule has 118 valence electrons. The van der Waals surface area contributed by atoms with E-state index in [1.807, 2.05) is 6.07 Å². The molecule has 1 fully saturated rings. The van der Waals surface area contributed by atoms with Crippen molar-refractivity contribution < 1.29 is 4.74 Å². The molecule has 1 saturated heterocycles. The largest absolute Gasteiger partial charge is 0.496 e. The molecule has 0 amide bonds. The lowest BCUT2D eigenvalue weighted by Gasteiger charge is -2.46. The average Bonchev–Trinajstić information content (AvgIpc) is 2.48. The number of rotatable bonds is 5. The maximum Gasteiger partial charge on any atom is 0.133 e. The van der Waals surface area contributed by atoms with Gasteiger partial charge in [0.2, 0.25) is 0 Å². The number of nitrogens with one attached hydrogen (secondary N) is 1. The van der Waals surface area contributed by atoms with Gasteiger partial charge in [-0.3, -0.25) is 4.90 Å². The quantitative estimate of drug-likeness (QED) is 0.869. The molecule has 4 heteroatoms. The molecule has 0 radical (unpaired) electrons. The average molecular weight is 355 g/mol. The zero-order valence-electron chi connectivity index (χ0n) is 13.6. The van der Waals surface area contributed by atoms with Gasteiger partial charge in [-0.25, -0.2) is 0 Å². The first-order valence-corrected chi connectivity index (χ1v) is 8.62. The van der Waals surface area contributed by atoms with E-state index in [0.29, 0.717) is 6.04 Å². The predicted molar refractivity (Wildman–Crippen MR) is 91.9 cm³/mol. The third-order valence-electron chi connectivity index (χ3n) is 4.69. The van der Waals surface area contributed by atoms with Crippen molar-refractivity contribution in [2.75, 3.05) is 20.2 Å². The highest BCUT2D eigenvalue weighted by atomic mass is 79.9. The minimum atomic E-state index is 0.232. The smallest absolute Gasteiger partial charge is 0.133 e. The molecule has 1 N–H and O–H groups in total. The van der Waals surface area contributed by atoms with Crippen LogP contribution < -0.4 is 10.1 Å². The SMILES string of the molecule is CCC1CNC(C)(CC)CN1Cc1ccc(OC)c(Br)c1. The Hall–Kier alpha value is -0.580. The van der Waals surface area contributed by atoms with Crippen LogP contribution in [-0.4, -0.2) is 36.7 Å². The molecule has 1 aromatic rings. The van der Waals surface area contributed by atoms with Gasteiger partial charge in [-0.2, -0.15) is 0 Å². The van der Waals surface area contributed by atoms with Crippen LogP contribution in [0.15, 0.2) is 22.7 Å². The summed E-state index contributed by atoms with van der Waals surface area (Å²) in [5.74, 6) is 0.893. The highest BCUT2D eigenvalue weighted by Gasteiger charge is 2.33. The molecule has 0 bridgehead atoms. The van der Waals surface area contributed by atoms with Crippen LogP contribution >= 0.6 is 15.9 Å². The van der Waals surface area contributed by atoms with Gasteiger partial charge >= 0.3 is 0 Å². The van der Waals surface area contributed by atoms with E-state index in [0.717, 1.165) is 36.3 Å². The fourth-order valence-electron chi connectivity index (χ4n) is 2.99. The normalized spacial score (nSPS) is 26.8. The molecule has 2 unspecified atom stereocenters. The Bertz CT molecular complexity index is 480. The summed E-state index contributed by atoms with van der Waals surface area (Å²) in [5.41, 5.74) is 1.57. The maximum atomic E-state index is 5.31. The number of methoxy groups -OCH3 is 1. The van der Waals surface area contributed by atoms with Gasteiger partial charge in [0.1, 0.15) is 5.75 Å². The summed E-state index contributed by atoms with van der Waals surface area (Å²) in [7, 11) is 1.70. The number of benzene rings is 1. The van der Waals surface area contributed by atoms with E-state index in [9.17, 15) is 0 Å². The van der Waals surface area contributed by atoms with Gasteiger partial charge in [-0.15, -0.1) is 0 Å². The van der Waals surface area contributed by atoms with Gasteiger partial charge in [0.05, 0.1) is 11.6 Å². The summed E-state index contributed by atoms with van der Waals surface area (Å²) in [4.78, 5) is 2.62. The van der Waals surface area contributed by atoms with E-state index < -0.39 is 0 Å². The molecule has 0 spiro atoms. The van der Waals surface area contributed by atoms with E-state index in [-0.39, 0.29) is 5.54 Å². The molecule has 1 aliphatic rings. The molecule has 0 aromatic heterocycles. The summed E-state index contributed by atoms with van der Waals surface area (Å²) in [6.07, 6.45) is 2.34. The highest BCUT2D eigenvalue weighted by Crippen LogP contribution is 2.28. The Morgan fingerprint density at radius 3 is 2.76 bits per heavy atom. The Morgan fingerprint density at radius 2 is 2.19 bits per heavy atom. The molecule has 3 nitrogen and oxygen atoms in total. The first-order valence-electron chi connectivity index (χ1n) is 7.82. The molecule has 2 rings (SSSR count). The topological polar surface area (TPSA) is 24.5 Å². The van der Waals surface area contributed by atoms with E-state index in [1.54, 1.807) is 7.11 Å². The molecular weight excluding hydrogens is 328 g/mol. The van der Waals surface area contributed by atoms with Crippen LogP contribution in [0.2, 0.25) is 0 Å². The predicted octanol–water partition coefficient (Wildman–Crippen LogP) is 3.81. The lowest BCUT2D eigenvalue weighted by atomic mass is 9.92. The van der Waals surface area contributed by atoms with Gasteiger partial charge in [-0.1, -0.05) is 19.9 Å². The first kappa shape index (κ1) is 16.8. The van der Waals surface area contributed by atoms with Gasteiger partial charge in [-0.05, 0) is 53.4 Å². The van der Waals surface area contributed by atoms with Gasteiger partial charge < -0.3 is 10.1 Å². The van der Waals surface area contributed by atoms with Crippen molar-refractivity contribution in [3.8, 4) is 5.75 Å². The van der Waals surface area contributed by atoms with Crippen LogP contribution in [-0.2, 0) is 6.54 Å². The molecular formula is C17H27BrN2O. The Kier molecular flexibility index (Phi) is 5.69. The summed E-state index contributed by atoms with van der Waals surface area (Å²) in [6.45, 7) is 10.1. The van der Waals surface area contributed by atoms with Crippen LogP contribution in [0.1, 0.15) is 39.2 Å². The molecule has 0 aliphatic carbocycles. The highest BCUT2D eigenvalue weighted by molar-refractivity contribution is 9.10. The number of hydrogen-bond donors (Lipinski definition) is 1. The van der Waals surface area contributed by atoms with Crippen molar-refractivity contribution in [1.82, 2.24) is 10.2 Å². The van der Waals surface area contributed by atoms with Crippen molar-refractivity contribution in [2.45, 2.75) is 51.7 Å². The van der Waals surface area contributed by atoms with E-state index >= 15 is 0 Å². The van der Waals surface area contributed by atoms with E-state index in [1.165, 1.54) is 12.0 Å². The molecule has 21 heavy (non-hydrogen) atoms.